The van der Waals surface area contributed by atoms with E-state index < -0.39 is 11.9 Å². The predicted octanol–water partition coefficient (Wildman–Crippen LogP) is 2.51. The normalized spacial score (nSPS) is 10.6. The number of benzene rings is 1. The van der Waals surface area contributed by atoms with Gasteiger partial charge in [-0.2, -0.15) is 0 Å². The Kier molecular flexibility index (Phi) is 12.4. The average Bonchev–Trinajstić information content (AvgIpc) is 2.96. The minimum absolute atomic E-state index is 0. The Morgan fingerprint density at radius 3 is 2.47 bits per heavy atom. The minimum atomic E-state index is -0.449. The lowest BCUT2D eigenvalue weighted by atomic mass is 10.1. The van der Waals surface area contributed by atoms with E-state index in [0.29, 0.717) is 39.2 Å². The number of amidine groups is 1. The summed E-state index contributed by atoms with van der Waals surface area (Å²) in [4.78, 5) is 24.5. The second-order valence-corrected chi connectivity index (χ2v) is 9.20. The quantitative estimate of drug-likeness (QED) is 0.137. The highest BCUT2D eigenvalue weighted by molar-refractivity contribution is 9.10. The van der Waals surface area contributed by atoms with Crippen LogP contribution >= 0.6 is 27.7 Å². The molecule has 0 fully saturated rings. The van der Waals surface area contributed by atoms with E-state index in [-0.39, 0.29) is 22.1 Å². The van der Waals surface area contributed by atoms with E-state index in [0.717, 1.165) is 36.5 Å². The summed E-state index contributed by atoms with van der Waals surface area (Å²) in [7, 11) is 1.85. The third-order valence-corrected chi connectivity index (χ3v) is 6.28. The zero-order valence-corrected chi connectivity index (χ0v) is 22.6. The molecule has 0 spiro atoms. The van der Waals surface area contributed by atoms with Crippen LogP contribution in [0.15, 0.2) is 16.6 Å². The maximum absolute atomic E-state index is 13.0. The van der Waals surface area contributed by atoms with Crippen LogP contribution in [0.4, 0.5) is 0 Å². The largest absolute Gasteiger partial charge is 1.00 e. The van der Waals surface area contributed by atoms with Crippen LogP contribution in [0, 0.1) is 5.41 Å². The Morgan fingerprint density at radius 2 is 1.84 bits per heavy atom. The number of fused-ring (bicyclic) bond motifs is 1. The summed E-state index contributed by atoms with van der Waals surface area (Å²) in [5.41, 5.74) is 7.42. The average molecular weight is 592 g/mol. The van der Waals surface area contributed by atoms with E-state index in [1.807, 2.05) is 11.6 Å². The molecule has 0 aliphatic heterocycles. The van der Waals surface area contributed by atoms with Crippen LogP contribution in [0.1, 0.15) is 68.4 Å². The van der Waals surface area contributed by atoms with E-state index in [4.69, 9.17) is 20.6 Å². The molecule has 3 N–H and O–H groups in total. The van der Waals surface area contributed by atoms with E-state index in [1.165, 1.54) is 26.2 Å². The van der Waals surface area contributed by atoms with Gasteiger partial charge < -0.3 is 36.8 Å². The van der Waals surface area contributed by atoms with Gasteiger partial charge in [0.05, 0.1) is 22.2 Å². The summed E-state index contributed by atoms with van der Waals surface area (Å²) in [6.07, 6.45) is 6.62. The molecule has 32 heavy (non-hydrogen) atoms. The van der Waals surface area contributed by atoms with Crippen LogP contribution in [-0.4, -0.2) is 28.3 Å². The summed E-state index contributed by atoms with van der Waals surface area (Å²) < 4.78 is 13.4. The Labute approximate surface area is 212 Å². The molecule has 2 rings (SSSR count). The van der Waals surface area contributed by atoms with E-state index in [2.05, 4.69) is 22.9 Å². The van der Waals surface area contributed by atoms with Crippen molar-refractivity contribution >= 4 is 55.7 Å². The number of aromatic nitrogens is 1. The fraction of sp³-hybridized carbons (Fsp3) is 0.500. The molecule has 178 valence electrons. The predicted molar refractivity (Wildman–Crippen MR) is 129 cm³/mol. The van der Waals surface area contributed by atoms with Crippen LogP contribution in [0.5, 0.6) is 5.75 Å². The first-order chi connectivity index (χ1) is 14.8. The van der Waals surface area contributed by atoms with Crippen molar-refractivity contribution in [2.75, 3.05) is 6.61 Å². The number of unbranched alkanes of at least 4 members (excludes halogenated alkanes) is 5. The van der Waals surface area contributed by atoms with Crippen molar-refractivity contribution in [2.24, 2.45) is 12.8 Å². The standard InChI is InChI=1S/C22H30BrN3O4S.BrH/c1-4-5-6-7-8-9-10-29-21(28)20-15-11-19(30-14(2)27)16(23)12-17(15)26(3)18(20)13-31-22(24)25;/h11-12H,4-10,13H2,1-3H3,(H3,24,25);1H/p-1. The number of ether oxygens (including phenoxy) is 2. The first-order valence-electron chi connectivity index (χ1n) is 10.4. The van der Waals surface area contributed by atoms with Gasteiger partial charge in [-0.25, -0.2) is 4.79 Å². The number of carbonyl (C=O) groups excluding carboxylic acids is 2. The van der Waals surface area contributed by atoms with E-state index in [9.17, 15) is 9.59 Å². The van der Waals surface area contributed by atoms with Gasteiger partial charge in [0.2, 0.25) is 0 Å². The highest BCUT2D eigenvalue weighted by atomic mass is 79.9. The molecular weight excluding hydrogens is 562 g/mol. The highest BCUT2D eigenvalue weighted by Crippen LogP contribution is 2.36. The molecule has 0 saturated heterocycles. The molecule has 1 aromatic heterocycles. The molecule has 1 heterocycles. The third-order valence-electron chi connectivity index (χ3n) is 4.93. The van der Waals surface area contributed by atoms with Crippen molar-refractivity contribution < 1.29 is 36.0 Å². The smallest absolute Gasteiger partial charge is 0.340 e. The fourth-order valence-electron chi connectivity index (χ4n) is 3.38. The van der Waals surface area contributed by atoms with Gasteiger partial charge in [-0.3, -0.25) is 10.2 Å². The van der Waals surface area contributed by atoms with Crippen LogP contribution < -0.4 is 27.5 Å². The molecule has 0 bridgehead atoms. The molecule has 0 radical (unpaired) electrons. The number of hydrogen-bond acceptors (Lipinski definition) is 6. The zero-order chi connectivity index (χ0) is 23.0. The van der Waals surface area contributed by atoms with Gasteiger partial charge in [0, 0.05) is 30.8 Å². The van der Waals surface area contributed by atoms with Gasteiger partial charge in [-0.05, 0) is 34.5 Å². The topological polar surface area (TPSA) is 107 Å². The number of carbonyl (C=O) groups is 2. The molecule has 7 nitrogen and oxygen atoms in total. The van der Waals surface area contributed by atoms with E-state index in [1.54, 1.807) is 12.1 Å². The third kappa shape index (κ3) is 7.81. The Balaban J connectivity index is 0.00000512. The number of nitrogens with one attached hydrogen (secondary N) is 1. The molecule has 10 heteroatoms. The molecule has 0 saturated carbocycles. The SMILES string of the molecule is CCCCCCCCOC(=O)c1c(CSC(=N)N)n(C)c2cc(Br)c(OC(C)=O)cc12.[Br-]. The minimum Gasteiger partial charge on any atom is -1.00 e. The Bertz CT molecular complexity index is 963. The highest BCUT2D eigenvalue weighted by Gasteiger charge is 2.24. The zero-order valence-electron chi connectivity index (χ0n) is 18.6. The molecule has 1 aromatic carbocycles. The number of thioether (sulfide) groups is 1. The van der Waals surface area contributed by atoms with Gasteiger partial charge in [0.1, 0.15) is 5.75 Å². The molecule has 0 unspecified atom stereocenters. The molecule has 0 aliphatic rings. The van der Waals surface area contributed by atoms with Gasteiger partial charge >= 0.3 is 11.9 Å². The number of halogens is 2. The lowest BCUT2D eigenvalue weighted by Crippen LogP contribution is -3.00. The number of esters is 2. The lowest BCUT2D eigenvalue weighted by molar-refractivity contribution is -0.131. The Morgan fingerprint density at radius 1 is 1.19 bits per heavy atom. The van der Waals surface area contributed by atoms with Gasteiger partial charge in [0.25, 0.3) is 0 Å². The lowest BCUT2D eigenvalue weighted by Gasteiger charge is -2.08. The number of aryl methyl sites for hydroxylation is 1. The van der Waals surface area contributed by atoms with Crippen LogP contribution in [0.25, 0.3) is 10.9 Å². The summed E-state index contributed by atoms with van der Waals surface area (Å²) in [6.45, 7) is 3.86. The second kappa shape index (κ2) is 13.9. The number of rotatable bonds is 11. The van der Waals surface area contributed by atoms with Crippen LogP contribution in [0.2, 0.25) is 0 Å². The molecule has 0 aliphatic carbocycles. The van der Waals surface area contributed by atoms with Crippen LogP contribution in [-0.2, 0) is 22.3 Å². The van der Waals surface area contributed by atoms with Crippen molar-refractivity contribution in [1.29, 1.82) is 5.41 Å². The molecule has 0 amide bonds. The van der Waals surface area contributed by atoms with Gasteiger partial charge in [0.15, 0.2) is 5.17 Å². The van der Waals surface area contributed by atoms with Crippen molar-refractivity contribution in [2.45, 2.75) is 58.1 Å². The summed E-state index contributed by atoms with van der Waals surface area (Å²) in [6, 6.07) is 3.48. The van der Waals surface area contributed by atoms with Crippen molar-refractivity contribution in [3.63, 3.8) is 0 Å². The maximum Gasteiger partial charge on any atom is 0.340 e. The van der Waals surface area contributed by atoms with Gasteiger partial charge in [-0.15, -0.1) is 0 Å². The van der Waals surface area contributed by atoms with Crippen LogP contribution in [0.3, 0.4) is 0 Å². The summed E-state index contributed by atoms with van der Waals surface area (Å²) in [5.74, 6) is -0.186. The first kappa shape index (κ1) is 28.5. The summed E-state index contributed by atoms with van der Waals surface area (Å²) in [5, 5.41) is 8.13. The number of nitrogens with two attached hydrogens (primary N) is 1. The van der Waals surface area contributed by atoms with E-state index >= 15 is 0 Å². The molecular formula is C22H30Br2N3O4S-. The first-order valence-corrected chi connectivity index (χ1v) is 12.2. The Hall–Kier alpha value is -1.52. The molecule has 0 atom stereocenters. The second-order valence-electron chi connectivity index (χ2n) is 7.33. The van der Waals surface area contributed by atoms with Crippen molar-refractivity contribution in [3.05, 3.63) is 27.9 Å². The van der Waals surface area contributed by atoms with Crippen molar-refractivity contribution in [1.82, 2.24) is 4.57 Å². The van der Waals surface area contributed by atoms with Crippen molar-refractivity contribution in [3.8, 4) is 5.75 Å². The summed E-state index contributed by atoms with van der Waals surface area (Å²) >= 11 is 4.56. The van der Waals surface area contributed by atoms with Gasteiger partial charge in [-0.1, -0.05) is 50.8 Å². The number of nitrogens with zero attached hydrogens (tertiary/aromatic N) is 1. The maximum atomic E-state index is 13.0. The fourth-order valence-corrected chi connectivity index (χ4v) is 4.43. The molecule has 2 aromatic rings. The number of hydrogen-bond donors (Lipinski definition) is 2. The monoisotopic (exact) mass is 590 g/mol.